The second-order valence-corrected chi connectivity index (χ2v) is 4.27. The molecule has 0 amide bonds. The Hall–Kier alpha value is 0.550. The van der Waals surface area contributed by atoms with Crippen molar-refractivity contribution in [2.75, 3.05) is 18.9 Å². The monoisotopic (exact) mass is 272 g/mol. The number of hydrogen-bond acceptors (Lipinski definition) is 4. The molecule has 2 atom stereocenters. The van der Waals surface area contributed by atoms with E-state index in [1.807, 2.05) is 0 Å². The largest absolute Gasteiger partial charge is 0.479 e. The smallest absolute Gasteiger partial charge is 0.290 e. The molecular weight excluding hydrogens is 264 g/mol. The molecule has 0 aliphatic rings. The molecule has 0 heterocycles. The van der Waals surface area contributed by atoms with E-state index >= 15 is 0 Å². The zero-order valence-electron chi connectivity index (χ0n) is 7.16. The second-order valence-electron chi connectivity index (χ2n) is 1.97. The van der Waals surface area contributed by atoms with Crippen molar-refractivity contribution in [3.05, 3.63) is 0 Å². The Balaban J connectivity index is 4.25. The van der Waals surface area contributed by atoms with Gasteiger partial charge in [-0.1, -0.05) is 0 Å². The van der Waals surface area contributed by atoms with Gasteiger partial charge in [-0.3, -0.25) is 13.6 Å². The van der Waals surface area contributed by atoms with Crippen LogP contribution in [0.25, 0.3) is 0 Å². The van der Waals surface area contributed by atoms with Crippen LogP contribution in [-0.2, 0) is 18.1 Å². The van der Waals surface area contributed by atoms with Gasteiger partial charge in [-0.25, -0.2) is 13.3 Å². The Labute approximate surface area is 90.0 Å². The van der Waals surface area contributed by atoms with Crippen LogP contribution in [-0.4, -0.2) is 31.6 Å². The maximum absolute atomic E-state index is 12.5. The molecule has 0 bridgehead atoms. The zero-order valence-corrected chi connectivity index (χ0v) is 9.57. The molecule has 4 nitrogen and oxygen atoms in total. The maximum Gasteiger partial charge on any atom is 0.479 e. The summed E-state index contributed by atoms with van der Waals surface area (Å²) < 4.78 is 48.8. The number of phosphoric ester groups is 1. The summed E-state index contributed by atoms with van der Waals surface area (Å²) in [7, 11) is -3.35. The van der Waals surface area contributed by atoms with Gasteiger partial charge in [0.1, 0.15) is 0 Å². The van der Waals surface area contributed by atoms with E-state index in [1.54, 1.807) is 0 Å². The van der Waals surface area contributed by atoms with E-state index in [4.69, 9.17) is 23.2 Å². The van der Waals surface area contributed by atoms with Crippen molar-refractivity contribution in [3.8, 4) is 0 Å². The molecule has 86 valence electrons. The third kappa shape index (κ3) is 5.44. The van der Waals surface area contributed by atoms with Crippen molar-refractivity contribution in [2.45, 2.75) is 12.7 Å². The summed E-state index contributed by atoms with van der Waals surface area (Å²) in [5.41, 5.74) is 0. The van der Waals surface area contributed by atoms with E-state index < -0.39 is 32.3 Å². The van der Waals surface area contributed by atoms with Gasteiger partial charge in [0.15, 0.2) is 0 Å². The lowest BCUT2D eigenvalue weighted by Gasteiger charge is -2.18. The molecule has 0 aromatic rings. The molecule has 9 heteroatoms. The summed E-state index contributed by atoms with van der Waals surface area (Å²) in [5, 5.41) is 0. The van der Waals surface area contributed by atoms with Crippen molar-refractivity contribution >= 4 is 31.0 Å². The Bertz CT molecular complexity index is 192. The molecule has 2 unspecified atom stereocenters. The van der Waals surface area contributed by atoms with Gasteiger partial charge in [0.25, 0.3) is 0 Å². The van der Waals surface area contributed by atoms with E-state index in [0.717, 1.165) is 7.11 Å². The van der Waals surface area contributed by atoms with Crippen LogP contribution in [0, 0.1) is 0 Å². The molecule has 0 aliphatic carbocycles. The highest BCUT2D eigenvalue weighted by molar-refractivity contribution is 7.48. The second kappa shape index (κ2) is 6.93. The SMILES string of the molecule is COP(=O)(OC(F)CCl)OC(F)CCl. The van der Waals surface area contributed by atoms with Crippen LogP contribution < -0.4 is 0 Å². The van der Waals surface area contributed by atoms with Crippen molar-refractivity contribution in [3.63, 3.8) is 0 Å². The molecule has 14 heavy (non-hydrogen) atoms. The fraction of sp³-hybridized carbons (Fsp3) is 1.00. The van der Waals surface area contributed by atoms with Crippen LogP contribution in [0.4, 0.5) is 8.78 Å². The van der Waals surface area contributed by atoms with Gasteiger partial charge in [-0.05, 0) is 0 Å². The summed E-state index contributed by atoms with van der Waals surface area (Å²) in [6, 6.07) is 0. The first kappa shape index (κ1) is 14.6. The average molecular weight is 273 g/mol. The molecule has 0 fully saturated rings. The minimum atomic E-state index is -4.26. The molecule has 0 aromatic carbocycles. The van der Waals surface area contributed by atoms with Gasteiger partial charge in [0.05, 0.1) is 11.8 Å². The van der Waals surface area contributed by atoms with Crippen LogP contribution in [0.3, 0.4) is 0 Å². The lowest BCUT2D eigenvalue weighted by atomic mass is 10.8. The quantitative estimate of drug-likeness (QED) is 0.528. The summed E-state index contributed by atoms with van der Waals surface area (Å²) >= 11 is 10.1. The molecule has 0 rings (SSSR count). The lowest BCUT2D eigenvalue weighted by Crippen LogP contribution is -2.13. The van der Waals surface area contributed by atoms with Crippen molar-refractivity contribution < 1.29 is 26.9 Å². The van der Waals surface area contributed by atoms with Crippen LogP contribution in [0.15, 0.2) is 0 Å². The number of alkyl halides is 4. The fourth-order valence-electron chi connectivity index (χ4n) is 0.447. The fourth-order valence-corrected chi connectivity index (χ4v) is 1.68. The van der Waals surface area contributed by atoms with E-state index in [-0.39, 0.29) is 0 Å². The first-order chi connectivity index (χ1) is 6.47. The highest BCUT2D eigenvalue weighted by atomic mass is 35.5. The van der Waals surface area contributed by atoms with Crippen LogP contribution in [0.5, 0.6) is 0 Å². The van der Waals surface area contributed by atoms with Crippen LogP contribution in [0.1, 0.15) is 0 Å². The minimum Gasteiger partial charge on any atom is -0.290 e. The van der Waals surface area contributed by atoms with E-state index in [0.29, 0.717) is 0 Å². The third-order valence-corrected chi connectivity index (χ3v) is 2.86. The van der Waals surface area contributed by atoms with Crippen LogP contribution >= 0.6 is 31.0 Å². The lowest BCUT2D eigenvalue weighted by molar-refractivity contribution is -0.00863. The third-order valence-electron chi connectivity index (χ3n) is 0.953. The van der Waals surface area contributed by atoms with E-state index in [2.05, 4.69) is 13.6 Å². The highest BCUT2D eigenvalue weighted by Gasteiger charge is 2.32. The number of phosphoric acid groups is 1. The molecule has 0 saturated heterocycles. The van der Waals surface area contributed by atoms with Gasteiger partial charge in [-0.15, -0.1) is 23.2 Å². The maximum atomic E-state index is 12.5. The summed E-state index contributed by atoms with van der Waals surface area (Å²) in [6.45, 7) is 0. The average Bonchev–Trinajstić information content (AvgIpc) is 2.17. The predicted molar refractivity (Wildman–Crippen MR) is 48.0 cm³/mol. The van der Waals surface area contributed by atoms with Gasteiger partial charge < -0.3 is 0 Å². The number of rotatable bonds is 7. The molecule has 0 saturated carbocycles. The van der Waals surface area contributed by atoms with E-state index in [1.165, 1.54) is 0 Å². The Morgan fingerprint density at radius 2 is 1.57 bits per heavy atom. The predicted octanol–water partition coefficient (Wildman–Crippen LogP) is 2.84. The van der Waals surface area contributed by atoms with E-state index in [9.17, 15) is 13.3 Å². The standard InChI is InChI=1S/C5H9Cl2F2O4P/c1-11-14(10,12-4(8)2-6)13-5(9)3-7/h4-5H,2-3H2,1H3. The van der Waals surface area contributed by atoms with Gasteiger partial charge >= 0.3 is 7.82 Å². The Morgan fingerprint density at radius 3 is 1.79 bits per heavy atom. The van der Waals surface area contributed by atoms with Gasteiger partial charge in [-0.2, -0.15) is 0 Å². The van der Waals surface area contributed by atoms with Crippen LogP contribution in [0.2, 0.25) is 0 Å². The Kier molecular flexibility index (Phi) is 7.20. The first-order valence-corrected chi connectivity index (χ1v) is 5.93. The molecule has 0 aliphatic heterocycles. The summed E-state index contributed by atoms with van der Waals surface area (Å²) in [4.78, 5) is 0. The van der Waals surface area contributed by atoms with Crippen molar-refractivity contribution in [2.24, 2.45) is 0 Å². The number of halogens is 4. The summed E-state index contributed by atoms with van der Waals surface area (Å²) in [5.74, 6) is -1.15. The zero-order chi connectivity index (χ0) is 11.2. The van der Waals surface area contributed by atoms with Crippen molar-refractivity contribution in [1.29, 1.82) is 0 Å². The highest BCUT2D eigenvalue weighted by Crippen LogP contribution is 2.51. The first-order valence-electron chi connectivity index (χ1n) is 3.40. The molecule has 0 spiro atoms. The summed E-state index contributed by atoms with van der Waals surface area (Å²) in [6.07, 6.45) is -4.13. The normalized spacial score (nSPS) is 20.1. The van der Waals surface area contributed by atoms with Gasteiger partial charge in [0, 0.05) is 7.11 Å². The number of hydrogen-bond donors (Lipinski definition) is 0. The van der Waals surface area contributed by atoms with Gasteiger partial charge in [0.2, 0.25) is 12.7 Å². The minimum absolute atomic E-state index is 0.575. The molecule has 0 aromatic heterocycles. The topological polar surface area (TPSA) is 44.8 Å². The Morgan fingerprint density at radius 1 is 1.21 bits per heavy atom. The molecule has 0 radical (unpaired) electrons. The molecule has 0 N–H and O–H groups in total. The van der Waals surface area contributed by atoms with Crippen molar-refractivity contribution in [1.82, 2.24) is 0 Å². The molecular formula is C5H9Cl2F2O4P.